The van der Waals surface area contributed by atoms with Gasteiger partial charge in [0, 0.05) is 19.0 Å². The molecule has 0 radical (unpaired) electrons. The fourth-order valence-electron chi connectivity index (χ4n) is 4.30. The smallest absolute Gasteiger partial charge is 0.257 e. The summed E-state index contributed by atoms with van der Waals surface area (Å²) in [5, 5.41) is 11.5. The molecule has 1 atom stereocenters. The van der Waals surface area contributed by atoms with Crippen molar-refractivity contribution in [1.82, 2.24) is 25.0 Å². The number of carbonyl (C=O) groups is 1. The highest BCUT2D eigenvalue weighted by molar-refractivity contribution is 7.18. The number of nitrogens with zero attached hydrogens (tertiary/aromatic N) is 5. The van der Waals surface area contributed by atoms with Gasteiger partial charge in [0.2, 0.25) is 11.8 Å². The maximum Gasteiger partial charge on any atom is 0.257 e. The Morgan fingerprint density at radius 3 is 2.97 bits per heavy atom. The van der Waals surface area contributed by atoms with Crippen molar-refractivity contribution in [2.24, 2.45) is 0 Å². The van der Waals surface area contributed by atoms with E-state index in [0.717, 1.165) is 54.3 Å². The summed E-state index contributed by atoms with van der Waals surface area (Å²) >= 11 is 3.33. The molecule has 0 saturated carbocycles. The first kappa shape index (κ1) is 22.2. The number of amides is 1. The molecule has 7 nitrogen and oxygen atoms in total. The van der Waals surface area contributed by atoms with Crippen molar-refractivity contribution in [3.63, 3.8) is 0 Å². The highest BCUT2D eigenvalue weighted by atomic mass is 32.1. The predicted molar refractivity (Wildman–Crippen MR) is 131 cm³/mol. The third-order valence-corrected chi connectivity index (χ3v) is 7.95. The lowest BCUT2D eigenvalue weighted by molar-refractivity contribution is -0.133. The number of piperidine rings is 1. The number of aromatic nitrogens is 3. The number of benzene rings is 1. The minimum absolute atomic E-state index is 0.159. The SMILES string of the molecule is CCCN(CC(=O)N1CCC[C@@H](c2nc3ccccc3s2)C1)Cc1nnc(-c2cccs2)o1. The van der Waals surface area contributed by atoms with Crippen molar-refractivity contribution >= 4 is 38.8 Å². The van der Waals surface area contributed by atoms with Gasteiger partial charge in [0.15, 0.2) is 0 Å². The van der Waals surface area contributed by atoms with Gasteiger partial charge in [-0.1, -0.05) is 25.1 Å². The summed E-state index contributed by atoms with van der Waals surface area (Å²) in [5.74, 6) is 1.56. The van der Waals surface area contributed by atoms with E-state index in [9.17, 15) is 4.79 Å². The van der Waals surface area contributed by atoms with Gasteiger partial charge < -0.3 is 9.32 Å². The van der Waals surface area contributed by atoms with Crippen molar-refractivity contribution in [1.29, 1.82) is 0 Å². The monoisotopic (exact) mass is 481 g/mol. The van der Waals surface area contributed by atoms with E-state index in [1.165, 1.54) is 4.70 Å². The lowest BCUT2D eigenvalue weighted by atomic mass is 9.98. The van der Waals surface area contributed by atoms with Crippen LogP contribution in [0.15, 0.2) is 46.2 Å². The molecule has 172 valence electrons. The molecule has 4 aromatic rings. The molecule has 3 aromatic heterocycles. The van der Waals surface area contributed by atoms with Gasteiger partial charge in [-0.2, -0.15) is 0 Å². The normalized spacial score (nSPS) is 16.7. The van der Waals surface area contributed by atoms with E-state index in [-0.39, 0.29) is 5.91 Å². The average molecular weight is 482 g/mol. The Balaban J connectivity index is 1.22. The van der Waals surface area contributed by atoms with Crippen LogP contribution in [0.2, 0.25) is 0 Å². The van der Waals surface area contributed by atoms with Gasteiger partial charge in [-0.15, -0.1) is 32.9 Å². The molecule has 4 heterocycles. The second kappa shape index (κ2) is 10.1. The molecule has 0 N–H and O–H groups in total. The molecule has 33 heavy (non-hydrogen) atoms. The lowest BCUT2D eigenvalue weighted by Gasteiger charge is -2.33. The molecule has 1 fully saturated rings. The van der Waals surface area contributed by atoms with Gasteiger partial charge in [0.05, 0.1) is 33.2 Å². The number of thiazole rings is 1. The first-order valence-electron chi connectivity index (χ1n) is 11.4. The molecule has 1 aliphatic rings. The zero-order valence-electron chi connectivity index (χ0n) is 18.6. The Kier molecular flexibility index (Phi) is 6.80. The van der Waals surface area contributed by atoms with Crippen LogP contribution in [0.1, 0.15) is 43.0 Å². The van der Waals surface area contributed by atoms with Crippen LogP contribution in [-0.4, -0.2) is 57.1 Å². The lowest BCUT2D eigenvalue weighted by Crippen LogP contribution is -2.44. The van der Waals surface area contributed by atoms with Crippen LogP contribution >= 0.6 is 22.7 Å². The maximum absolute atomic E-state index is 13.2. The van der Waals surface area contributed by atoms with Gasteiger partial charge in [-0.25, -0.2) is 4.98 Å². The van der Waals surface area contributed by atoms with Gasteiger partial charge in [-0.3, -0.25) is 9.69 Å². The molecule has 1 amide bonds. The van der Waals surface area contributed by atoms with E-state index in [1.54, 1.807) is 22.7 Å². The number of hydrogen-bond acceptors (Lipinski definition) is 8. The molecular formula is C24H27N5O2S2. The van der Waals surface area contributed by atoms with Crippen LogP contribution in [0, 0.1) is 0 Å². The predicted octanol–water partition coefficient (Wildman–Crippen LogP) is 5.03. The Morgan fingerprint density at radius 2 is 2.15 bits per heavy atom. The molecule has 5 rings (SSSR count). The van der Waals surface area contributed by atoms with Crippen LogP contribution < -0.4 is 0 Å². The number of likely N-dealkylation sites (tertiary alicyclic amines) is 1. The van der Waals surface area contributed by atoms with E-state index in [4.69, 9.17) is 9.40 Å². The quantitative estimate of drug-likeness (QED) is 0.352. The second-order valence-corrected chi connectivity index (χ2v) is 10.4. The molecule has 0 aliphatic carbocycles. The Morgan fingerprint density at radius 1 is 1.24 bits per heavy atom. The number of thiophene rings is 1. The first-order chi connectivity index (χ1) is 16.2. The Labute approximate surface area is 201 Å². The molecule has 0 unspecified atom stereocenters. The summed E-state index contributed by atoms with van der Waals surface area (Å²) in [5.41, 5.74) is 1.05. The summed E-state index contributed by atoms with van der Waals surface area (Å²) in [7, 11) is 0. The van der Waals surface area contributed by atoms with Crippen molar-refractivity contribution < 1.29 is 9.21 Å². The third kappa shape index (κ3) is 5.15. The summed E-state index contributed by atoms with van der Waals surface area (Å²) in [6.07, 6.45) is 3.04. The molecule has 0 bridgehead atoms. The first-order valence-corrected chi connectivity index (χ1v) is 13.1. The fraction of sp³-hybridized carbons (Fsp3) is 0.417. The summed E-state index contributed by atoms with van der Waals surface area (Å²) < 4.78 is 7.06. The standard InChI is InChI=1S/C24H27N5O2S2/c1-2-11-28(15-21-26-27-23(31-21)20-10-6-13-32-20)16-22(30)29-12-5-7-17(14-29)24-25-18-8-3-4-9-19(18)33-24/h3-4,6,8-10,13,17H,2,5,7,11-12,14-16H2,1H3/t17-/m1/s1. The average Bonchev–Trinajstić information content (AvgIpc) is 3.59. The molecular weight excluding hydrogens is 454 g/mol. The zero-order chi connectivity index (χ0) is 22.6. The van der Waals surface area contributed by atoms with Gasteiger partial charge in [0.25, 0.3) is 5.89 Å². The Hall–Kier alpha value is -2.62. The van der Waals surface area contributed by atoms with Gasteiger partial charge >= 0.3 is 0 Å². The number of hydrogen-bond donors (Lipinski definition) is 0. The number of para-hydroxylation sites is 1. The van der Waals surface area contributed by atoms with E-state index >= 15 is 0 Å². The number of fused-ring (bicyclic) bond motifs is 1. The van der Waals surface area contributed by atoms with E-state index in [0.29, 0.717) is 30.8 Å². The van der Waals surface area contributed by atoms with Crippen LogP contribution in [0.25, 0.3) is 21.0 Å². The second-order valence-electron chi connectivity index (χ2n) is 8.39. The van der Waals surface area contributed by atoms with E-state index < -0.39 is 0 Å². The van der Waals surface area contributed by atoms with Gasteiger partial charge in [0.1, 0.15) is 0 Å². The fourth-order valence-corrected chi connectivity index (χ4v) is 6.04. The highest BCUT2D eigenvalue weighted by Gasteiger charge is 2.28. The van der Waals surface area contributed by atoms with Crippen LogP contribution in [0.3, 0.4) is 0 Å². The van der Waals surface area contributed by atoms with E-state index in [2.05, 4.69) is 40.2 Å². The van der Waals surface area contributed by atoms with Crippen molar-refractivity contribution in [2.45, 2.75) is 38.6 Å². The van der Waals surface area contributed by atoms with Crippen LogP contribution in [-0.2, 0) is 11.3 Å². The van der Waals surface area contributed by atoms with Crippen molar-refractivity contribution in [3.05, 3.63) is 52.7 Å². The van der Waals surface area contributed by atoms with Crippen molar-refractivity contribution in [3.8, 4) is 10.8 Å². The topological polar surface area (TPSA) is 75.4 Å². The third-order valence-electron chi connectivity index (χ3n) is 5.89. The highest BCUT2D eigenvalue weighted by Crippen LogP contribution is 2.33. The minimum atomic E-state index is 0.159. The molecule has 1 aliphatic heterocycles. The maximum atomic E-state index is 13.2. The Bertz CT molecular complexity index is 1170. The largest absolute Gasteiger partial charge is 0.419 e. The summed E-state index contributed by atoms with van der Waals surface area (Å²) in [6, 6.07) is 12.2. The van der Waals surface area contributed by atoms with Crippen LogP contribution in [0.4, 0.5) is 0 Å². The molecule has 0 spiro atoms. The number of carbonyl (C=O) groups excluding carboxylic acids is 1. The molecule has 1 saturated heterocycles. The molecule has 1 aromatic carbocycles. The number of rotatable bonds is 8. The van der Waals surface area contributed by atoms with Gasteiger partial charge in [-0.05, 0) is 49.4 Å². The van der Waals surface area contributed by atoms with Crippen LogP contribution in [0.5, 0.6) is 0 Å². The zero-order valence-corrected chi connectivity index (χ0v) is 20.3. The summed E-state index contributed by atoms with van der Waals surface area (Å²) in [4.78, 5) is 23.1. The van der Waals surface area contributed by atoms with Crippen molar-refractivity contribution in [2.75, 3.05) is 26.2 Å². The summed E-state index contributed by atoms with van der Waals surface area (Å²) in [6.45, 7) is 5.30. The van der Waals surface area contributed by atoms with E-state index in [1.807, 2.05) is 28.5 Å². The minimum Gasteiger partial charge on any atom is -0.419 e. The molecule has 9 heteroatoms.